The summed E-state index contributed by atoms with van der Waals surface area (Å²) in [6, 6.07) is 6.06. The summed E-state index contributed by atoms with van der Waals surface area (Å²) in [7, 11) is 0. The predicted molar refractivity (Wildman–Crippen MR) is 136 cm³/mol. The van der Waals surface area contributed by atoms with Crippen LogP contribution in [0.4, 0.5) is 17.6 Å². The lowest BCUT2D eigenvalue weighted by Crippen LogP contribution is -2.42. The van der Waals surface area contributed by atoms with Crippen molar-refractivity contribution in [3.8, 4) is 0 Å². The predicted octanol–water partition coefficient (Wildman–Crippen LogP) is 4.51. The van der Waals surface area contributed by atoms with Gasteiger partial charge in [0.1, 0.15) is 16.5 Å². The van der Waals surface area contributed by atoms with Crippen LogP contribution in [0.3, 0.4) is 0 Å². The van der Waals surface area contributed by atoms with E-state index in [1.54, 1.807) is 27.6 Å². The number of benzene rings is 1. The van der Waals surface area contributed by atoms with E-state index in [1.165, 1.54) is 12.1 Å². The van der Waals surface area contributed by atoms with Gasteiger partial charge in [0.05, 0.1) is 10.6 Å². The number of carboxylic acids is 1. The van der Waals surface area contributed by atoms with Crippen molar-refractivity contribution in [2.24, 2.45) is 5.41 Å². The second-order valence-corrected chi connectivity index (χ2v) is 10.4. The van der Waals surface area contributed by atoms with E-state index in [9.17, 15) is 27.2 Å². The molecule has 0 saturated carbocycles. The number of aromatic nitrogens is 2. The standard InChI is InChI=1S/C23H23Cl2FN4O2.C2HF3O2/c24-17-10-19-21(31)28-11-15(30(19)20(17)25)8-14-2-3-18(26)16(9-14)22(32)29-7-5-23(13-29)4-1-6-27-12-23;3-2(4,5)1(6)7/h2-3,9-11,27H,1,4-8,12-13H2,(H,28,31);(H,6,7). The molecule has 2 aliphatic heterocycles. The van der Waals surface area contributed by atoms with Gasteiger partial charge in [0.2, 0.25) is 0 Å². The zero-order valence-electron chi connectivity index (χ0n) is 20.4. The van der Waals surface area contributed by atoms with Crippen LogP contribution in [-0.2, 0) is 11.2 Å². The van der Waals surface area contributed by atoms with E-state index in [0.717, 1.165) is 37.9 Å². The molecule has 39 heavy (non-hydrogen) atoms. The van der Waals surface area contributed by atoms with E-state index >= 15 is 0 Å². The number of aliphatic carboxylic acids is 1. The Balaban J connectivity index is 0.000000448. The number of likely N-dealkylation sites (tertiary alicyclic amines) is 1. The van der Waals surface area contributed by atoms with Gasteiger partial charge in [-0.3, -0.25) is 14.0 Å². The second kappa shape index (κ2) is 11.2. The third-order valence-corrected chi connectivity index (χ3v) is 7.72. The van der Waals surface area contributed by atoms with Crippen LogP contribution >= 0.6 is 23.2 Å². The highest BCUT2D eigenvalue weighted by Gasteiger charge is 2.41. The van der Waals surface area contributed by atoms with Crippen LogP contribution in [0.25, 0.3) is 5.52 Å². The van der Waals surface area contributed by atoms with E-state index in [0.29, 0.717) is 30.7 Å². The zero-order valence-corrected chi connectivity index (χ0v) is 21.9. The SMILES string of the molecule is O=C(O)C(F)(F)F.O=C(c1cc(Cc2c[nH]c(=O)c3cc(Cl)c(Cl)n23)ccc1F)N1CCC2(CCCNC2)C1. The third kappa shape index (κ3) is 6.23. The number of H-pyrrole nitrogens is 1. The lowest BCUT2D eigenvalue weighted by molar-refractivity contribution is -0.192. The Morgan fingerprint density at radius 2 is 1.87 bits per heavy atom. The number of aromatic amines is 1. The van der Waals surface area contributed by atoms with Crippen molar-refractivity contribution in [2.45, 2.75) is 31.9 Å². The first-order valence-electron chi connectivity index (χ1n) is 12.0. The topological polar surface area (TPSA) is 107 Å². The number of alkyl halides is 3. The number of carbonyl (C=O) groups is 2. The maximum absolute atomic E-state index is 14.7. The van der Waals surface area contributed by atoms with Gasteiger partial charge in [0.25, 0.3) is 11.5 Å². The fraction of sp³-hybridized carbons (Fsp3) is 0.400. The van der Waals surface area contributed by atoms with E-state index in [2.05, 4.69) is 10.3 Å². The van der Waals surface area contributed by atoms with Crippen LogP contribution in [0.1, 0.15) is 40.9 Å². The number of halogens is 6. The molecule has 1 amide bonds. The Morgan fingerprint density at radius 1 is 1.15 bits per heavy atom. The summed E-state index contributed by atoms with van der Waals surface area (Å²) in [5.74, 6) is -3.57. The van der Waals surface area contributed by atoms with Crippen molar-refractivity contribution in [1.82, 2.24) is 19.6 Å². The normalized spacial score (nSPS) is 19.3. The molecule has 0 bridgehead atoms. The Bertz CT molecular complexity index is 1460. The molecule has 4 heterocycles. The average Bonchev–Trinajstić information content (AvgIpc) is 3.43. The minimum atomic E-state index is -5.08. The fourth-order valence-electron chi connectivity index (χ4n) is 5.03. The Hall–Kier alpha value is -3.09. The summed E-state index contributed by atoms with van der Waals surface area (Å²) in [5, 5.41) is 11.1. The maximum atomic E-state index is 14.7. The number of hydrogen-bond donors (Lipinski definition) is 3. The van der Waals surface area contributed by atoms with Gasteiger partial charge in [-0.05, 0) is 49.6 Å². The lowest BCUT2D eigenvalue weighted by Gasteiger charge is -2.33. The first-order chi connectivity index (χ1) is 18.3. The number of amides is 1. The molecule has 2 saturated heterocycles. The van der Waals surface area contributed by atoms with Crippen LogP contribution < -0.4 is 10.9 Å². The highest BCUT2D eigenvalue weighted by Crippen LogP contribution is 2.37. The highest BCUT2D eigenvalue weighted by atomic mass is 35.5. The molecule has 210 valence electrons. The summed E-state index contributed by atoms with van der Waals surface area (Å²) >= 11 is 12.4. The Labute approximate surface area is 229 Å². The number of rotatable bonds is 3. The molecule has 1 unspecified atom stereocenters. The number of nitrogens with one attached hydrogen (secondary N) is 2. The van der Waals surface area contributed by atoms with Crippen LogP contribution in [0.15, 0.2) is 35.3 Å². The summed E-state index contributed by atoms with van der Waals surface area (Å²) in [5.41, 5.74) is 1.61. The van der Waals surface area contributed by atoms with Crippen molar-refractivity contribution < 1.29 is 32.3 Å². The minimum Gasteiger partial charge on any atom is -0.475 e. The molecule has 1 aromatic carbocycles. The number of nitrogens with zero attached hydrogens (tertiary/aromatic N) is 2. The van der Waals surface area contributed by atoms with Gasteiger partial charge in [-0.25, -0.2) is 9.18 Å². The summed E-state index contributed by atoms with van der Waals surface area (Å²) in [4.78, 5) is 38.7. The summed E-state index contributed by atoms with van der Waals surface area (Å²) in [6.45, 7) is 3.21. The zero-order chi connectivity index (χ0) is 28.5. The minimum absolute atomic E-state index is 0.0700. The van der Waals surface area contributed by atoms with Gasteiger partial charge in [-0.15, -0.1) is 0 Å². The molecule has 0 radical (unpaired) electrons. The number of fused-ring (bicyclic) bond motifs is 1. The van der Waals surface area contributed by atoms with E-state index < -0.39 is 18.0 Å². The monoisotopic (exact) mass is 590 g/mol. The van der Waals surface area contributed by atoms with Crippen LogP contribution in [0, 0.1) is 11.2 Å². The maximum Gasteiger partial charge on any atom is 0.490 e. The van der Waals surface area contributed by atoms with Crippen molar-refractivity contribution in [2.75, 3.05) is 26.2 Å². The molecule has 3 N–H and O–H groups in total. The lowest BCUT2D eigenvalue weighted by atomic mass is 9.80. The first-order valence-corrected chi connectivity index (χ1v) is 12.7. The largest absolute Gasteiger partial charge is 0.490 e. The molecule has 1 atom stereocenters. The second-order valence-electron chi connectivity index (χ2n) is 9.66. The van der Waals surface area contributed by atoms with Gasteiger partial charge < -0.3 is 20.3 Å². The fourth-order valence-corrected chi connectivity index (χ4v) is 5.48. The van der Waals surface area contributed by atoms with E-state index in [1.807, 2.05) is 0 Å². The summed E-state index contributed by atoms with van der Waals surface area (Å²) in [6.07, 6.45) is -0.0510. The van der Waals surface area contributed by atoms with Crippen LogP contribution in [-0.4, -0.2) is 63.6 Å². The Morgan fingerprint density at radius 3 is 2.51 bits per heavy atom. The van der Waals surface area contributed by atoms with E-state index in [-0.39, 0.29) is 32.6 Å². The molecule has 14 heteroatoms. The molecule has 0 aliphatic carbocycles. The van der Waals surface area contributed by atoms with Gasteiger partial charge in [-0.1, -0.05) is 29.3 Å². The number of carbonyl (C=O) groups excluding carboxylic acids is 1. The summed E-state index contributed by atoms with van der Waals surface area (Å²) < 4.78 is 48.0. The van der Waals surface area contributed by atoms with Crippen molar-refractivity contribution >= 4 is 40.6 Å². The molecule has 8 nitrogen and oxygen atoms in total. The molecule has 2 aromatic heterocycles. The van der Waals surface area contributed by atoms with Crippen molar-refractivity contribution in [3.05, 3.63) is 73.6 Å². The van der Waals surface area contributed by atoms with Gasteiger partial charge in [0, 0.05) is 43.4 Å². The Kier molecular flexibility index (Phi) is 8.29. The van der Waals surface area contributed by atoms with Crippen molar-refractivity contribution in [1.29, 1.82) is 0 Å². The van der Waals surface area contributed by atoms with Crippen LogP contribution in [0.2, 0.25) is 10.2 Å². The quantitative estimate of drug-likeness (QED) is 0.389. The highest BCUT2D eigenvalue weighted by molar-refractivity contribution is 6.42. The van der Waals surface area contributed by atoms with Gasteiger partial charge >= 0.3 is 12.1 Å². The molecule has 5 rings (SSSR count). The number of piperidine rings is 1. The first kappa shape index (κ1) is 28.9. The molecular formula is C25H24Cl2F4N4O4. The number of carboxylic acid groups (broad SMARTS) is 1. The molecule has 3 aromatic rings. The van der Waals surface area contributed by atoms with Gasteiger partial charge in [0.15, 0.2) is 0 Å². The van der Waals surface area contributed by atoms with E-state index in [4.69, 9.17) is 33.1 Å². The average molecular weight is 591 g/mol. The van der Waals surface area contributed by atoms with Crippen molar-refractivity contribution in [3.63, 3.8) is 0 Å². The van der Waals surface area contributed by atoms with Crippen LogP contribution in [0.5, 0.6) is 0 Å². The molecule has 2 fully saturated rings. The molecule has 1 spiro atoms. The number of hydrogen-bond acceptors (Lipinski definition) is 4. The van der Waals surface area contributed by atoms with Gasteiger partial charge in [-0.2, -0.15) is 13.2 Å². The molecular weight excluding hydrogens is 567 g/mol. The smallest absolute Gasteiger partial charge is 0.475 e. The molecule has 2 aliphatic rings. The third-order valence-electron chi connectivity index (χ3n) is 6.96.